The molecule has 2 aromatic rings. The third-order valence-corrected chi connectivity index (χ3v) is 4.10. The van der Waals surface area contributed by atoms with Gasteiger partial charge in [0.1, 0.15) is 5.75 Å². The van der Waals surface area contributed by atoms with Gasteiger partial charge in [-0.1, -0.05) is 13.5 Å². The van der Waals surface area contributed by atoms with E-state index in [9.17, 15) is 0 Å². The summed E-state index contributed by atoms with van der Waals surface area (Å²) in [6.45, 7) is 5.00. The van der Waals surface area contributed by atoms with Crippen molar-refractivity contribution < 1.29 is 9.47 Å². The van der Waals surface area contributed by atoms with Gasteiger partial charge in [-0.25, -0.2) is 0 Å². The molecule has 1 aliphatic heterocycles. The molecule has 21 heavy (non-hydrogen) atoms. The first kappa shape index (κ1) is 15.8. The molecule has 1 aromatic carbocycles. The Kier molecular flexibility index (Phi) is 4.84. The van der Waals surface area contributed by atoms with Gasteiger partial charge in [-0.2, -0.15) is 0 Å². The quantitative estimate of drug-likeness (QED) is 0.816. The van der Waals surface area contributed by atoms with Crippen LogP contribution in [0.1, 0.15) is 44.4 Å². The van der Waals surface area contributed by atoms with Crippen molar-refractivity contribution in [2.24, 2.45) is 0 Å². The second-order valence-corrected chi connectivity index (χ2v) is 5.65. The van der Waals surface area contributed by atoms with Gasteiger partial charge in [0.2, 0.25) is 0 Å². The van der Waals surface area contributed by atoms with E-state index in [0.29, 0.717) is 12.0 Å². The van der Waals surface area contributed by atoms with Crippen molar-refractivity contribution in [3.63, 3.8) is 0 Å². The predicted molar refractivity (Wildman–Crippen MR) is 87.2 cm³/mol. The number of aryl methyl sites for hydroxylation is 1. The van der Waals surface area contributed by atoms with E-state index in [2.05, 4.69) is 30.1 Å². The summed E-state index contributed by atoms with van der Waals surface area (Å²) in [4.78, 5) is 4.58. The Morgan fingerprint density at radius 3 is 2.81 bits per heavy atom. The number of aromatic nitrogens is 1. The van der Waals surface area contributed by atoms with Crippen LogP contribution in [0.5, 0.6) is 5.75 Å². The molecule has 0 bridgehead atoms. The van der Waals surface area contributed by atoms with Crippen molar-refractivity contribution in [2.45, 2.75) is 46.1 Å². The van der Waals surface area contributed by atoms with E-state index in [1.165, 1.54) is 5.56 Å². The van der Waals surface area contributed by atoms with Crippen LogP contribution >= 0.6 is 0 Å². The number of hydrogen-bond acceptors (Lipinski definition) is 3. The largest absolute Gasteiger partial charge is 0.496 e. The molecule has 2 atom stereocenters. The molecule has 1 saturated heterocycles. The van der Waals surface area contributed by atoms with Gasteiger partial charge < -0.3 is 9.47 Å². The average Bonchev–Trinajstić information content (AvgIpc) is 2.46. The first-order valence-electron chi connectivity index (χ1n) is 7.24. The van der Waals surface area contributed by atoms with Crippen molar-refractivity contribution in [1.82, 2.24) is 4.98 Å². The fourth-order valence-corrected chi connectivity index (χ4v) is 3.06. The number of methoxy groups -OCH3 is 1. The van der Waals surface area contributed by atoms with Crippen LogP contribution in [0.4, 0.5) is 0 Å². The number of nitrogens with zero attached hydrogens (tertiary/aromatic N) is 1. The second-order valence-electron chi connectivity index (χ2n) is 5.65. The number of benzene rings is 1. The summed E-state index contributed by atoms with van der Waals surface area (Å²) in [5, 5.41) is 1.11. The van der Waals surface area contributed by atoms with Gasteiger partial charge in [-0.3, -0.25) is 4.98 Å². The zero-order chi connectivity index (χ0) is 14.1. The second kappa shape index (κ2) is 6.44. The van der Waals surface area contributed by atoms with Gasteiger partial charge >= 0.3 is 0 Å². The van der Waals surface area contributed by atoms with Gasteiger partial charge in [-0.05, 0) is 50.3 Å². The molecular weight excluding hydrogens is 262 g/mol. The van der Waals surface area contributed by atoms with Gasteiger partial charge in [0, 0.05) is 23.8 Å². The van der Waals surface area contributed by atoms with E-state index in [1.807, 2.05) is 13.0 Å². The Hall–Kier alpha value is -1.61. The predicted octanol–water partition coefficient (Wildman–Crippen LogP) is 4.47. The molecule has 0 amide bonds. The van der Waals surface area contributed by atoms with Crippen LogP contribution < -0.4 is 4.74 Å². The SMILES string of the molecule is C.COc1cc(C)nc2ccc(C3CCOC(C)C3)cc12. The lowest BCUT2D eigenvalue weighted by Crippen LogP contribution is -2.21. The summed E-state index contributed by atoms with van der Waals surface area (Å²) in [6, 6.07) is 8.55. The van der Waals surface area contributed by atoms with E-state index in [1.54, 1.807) is 7.11 Å². The molecule has 1 aliphatic rings. The topological polar surface area (TPSA) is 31.4 Å². The molecule has 3 nitrogen and oxygen atoms in total. The minimum Gasteiger partial charge on any atom is -0.496 e. The number of fused-ring (bicyclic) bond motifs is 1. The van der Waals surface area contributed by atoms with Crippen LogP contribution in [0.2, 0.25) is 0 Å². The Morgan fingerprint density at radius 2 is 2.10 bits per heavy atom. The third kappa shape index (κ3) is 3.18. The van der Waals surface area contributed by atoms with Gasteiger partial charge in [0.05, 0.1) is 18.7 Å². The van der Waals surface area contributed by atoms with Crippen molar-refractivity contribution in [2.75, 3.05) is 13.7 Å². The van der Waals surface area contributed by atoms with Crippen molar-refractivity contribution in [1.29, 1.82) is 0 Å². The number of pyridine rings is 1. The van der Waals surface area contributed by atoms with Crippen LogP contribution in [0.25, 0.3) is 10.9 Å². The summed E-state index contributed by atoms with van der Waals surface area (Å²) < 4.78 is 11.1. The first-order valence-corrected chi connectivity index (χ1v) is 7.24. The fraction of sp³-hybridized carbons (Fsp3) is 0.500. The number of hydrogen-bond donors (Lipinski definition) is 0. The Labute approximate surface area is 127 Å². The fourth-order valence-electron chi connectivity index (χ4n) is 3.06. The molecule has 114 valence electrons. The Balaban J connectivity index is 0.00000161. The van der Waals surface area contributed by atoms with Gasteiger partial charge in [-0.15, -0.1) is 0 Å². The van der Waals surface area contributed by atoms with Crippen LogP contribution in [-0.4, -0.2) is 24.8 Å². The Morgan fingerprint density at radius 1 is 1.29 bits per heavy atom. The minimum absolute atomic E-state index is 0. The van der Waals surface area contributed by atoms with Gasteiger partial charge in [0.15, 0.2) is 0 Å². The van der Waals surface area contributed by atoms with Crippen molar-refractivity contribution >= 4 is 10.9 Å². The molecule has 0 N–H and O–H groups in total. The monoisotopic (exact) mass is 287 g/mol. The average molecular weight is 287 g/mol. The first-order chi connectivity index (χ1) is 9.67. The molecule has 2 heterocycles. The maximum Gasteiger partial charge on any atom is 0.130 e. The summed E-state index contributed by atoms with van der Waals surface area (Å²) in [6.07, 6.45) is 2.53. The lowest BCUT2D eigenvalue weighted by molar-refractivity contribution is 0.0186. The minimum atomic E-state index is 0. The van der Waals surface area contributed by atoms with Crippen LogP contribution in [-0.2, 0) is 4.74 Å². The molecule has 0 aliphatic carbocycles. The maximum absolute atomic E-state index is 5.64. The smallest absolute Gasteiger partial charge is 0.130 e. The summed E-state index contributed by atoms with van der Waals surface area (Å²) in [7, 11) is 1.72. The standard InChI is InChI=1S/C17H21NO2.CH4/c1-11-8-17(19-3)15-10-13(4-5-16(15)18-11)14-6-7-20-12(2)9-14;/h4-5,8,10,12,14H,6-7,9H2,1-3H3;1H4. The van der Waals surface area contributed by atoms with Gasteiger partial charge in [0.25, 0.3) is 0 Å². The maximum atomic E-state index is 5.64. The van der Waals surface area contributed by atoms with Crippen LogP contribution in [0, 0.1) is 6.92 Å². The molecule has 2 unspecified atom stereocenters. The molecular formula is C18H25NO2. The lowest BCUT2D eigenvalue weighted by Gasteiger charge is -2.27. The molecule has 1 aromatic heterocycles. The lowest BCUT2D eigenvalue weighted by atomic mass is 9.88. The van der Waals surface area contributed by atoms with Crippen LogP contribution in [0.15, 0.2) is 24.3 Å². The van der Waals surface area contributed by atoms with Crippen molar-refractivity contribution in [3.05, 3.63) is 35.5 Å². The molecule has 3 heteroatoms. The molecule has 0 saturated carbocycles. The molecule has 0 radical (unpaired) electrons. The van der Waals surface area contributed by atoms with E-state index < -0.39 is 0 Å². The third-order valence-electron chi connectivity index (χ3n) is 4.10. The van der Waals surface area contributed by atoms with E-state index in [4.69, 9.17) is 9.47 Å². The van der Waals surface area contributed by atoms with E-state index >= 15 is 0 Å². The summed E-state index contributed by atoms with van der Waals surface area (Å²) in [5.41, 5.74) is 3.36. The zero-order valence-electron chi connectivity index (χ0n) is 12.3. The molecule has 3 rings (SSSR count). The van der Waals surface area contributed by atoms with Crippen LogP contribution in [0.3, 0.4) is 0 Å². The normalized spacial score (nSPS) is 21.9. The summed E-state index contributed by atoms with van der Waals surface area (Å²) >= 11 is 0. The van der Waals surface area contributed by atoms with Crippen molar-refractivity contribution in [3.8, 4) is 5.75 Å². The molecule has 0 spiro atoms. The zero-order valence-corrected chi connectivity index (χ0v) is 12.3. The highest BCUT2D eigenvalue weighted by atomic mass is 16.5. The highest BCUT2D eigenvalue weighted by Crippen LogP contribution is 2.34. The van der Waals surface area contributed by atoms with E-state index in [0.717, 1.165) is 41.8 Å². The number of rotatable bonds is 2. The highest BCUT2D eigenvalue weighted by molar-refractivity contribution is 5.86. The molecule has 1 fully saturated rings. The summed E-state index contributed by atoms with van der Waals surface area (Å²) in [5.74, 6) is 1.49. The highest BCUT2D eigenvalue weighted by Gasteiger charge is 2.21. The van der Waals surface area contributed by atoms with E-state index in [-0.39, 0.29) is 7.43 Å². The number of ether oxygens (including phenoxy) is 2. The Bertz CT molecular complexity index is 624.